The fourth-order valence-electron chi connectivity index (χ4n) is 2.16. The highest BCUT2D eigenvalue weighted by molar-refractivity contribution is 5.80. The van der Waals surface area contributed by atoms with Crippen LogP contribution in [0, 0.1) is 17.3 Å². The van der Waals surface area contributed by atoms with Gasteiger partial charge in [0.15, 0.2) is 0 Å². The summed E-state index contributed by atoms with van der Waals surface area (Å²) in [6.45, 7) is 13.3. The Labute approximate surface area is 108 Å². The molecule has 2 atom stereocenters. The smallest absolute Gasteiger partial charge is 0.135 e. The molecule has 0 aliphatic heterocycles. The monoisotopic (exact) mass is 240 g/mol. The molecule has 0 spiro atoms. The molecule has 2 unspecified atom stereocenters. The van der Waals surface area contributed by atoms with E-state index in [-0.39, 0.29) is 5.92 Å². The van der Waals surface area contributed by atoms with Gasteiger partial charge in [0.05, 0.1) is 0 Å². The summed E-state index contributed by atoms with van der Waals surface area (Å²) in [5.74, 6) is 1.47. The van der Waals surface area contributed by atoms with Gasteiger partial charge in [0.25, 0.3) is 0 Å². The minimum absolute atomic E-state index is 0.238. The van der Waals surface area contributed by atoms with E-state index in [0.29, 0.717) is 11.2 Å². The van der Waals surface area contributed by atoms with Crippen LogP contribution < -0.4 is 0 Å². The van der Waals surface area contributed by atoms with E-state index in [1.165, 1.54) is 12.8 Å². The van der Waals surface area contributed by atoms with Crippen LogP contribution in [0.3, 0.4) is 0 Å². The fraction of sp³-hybridized carbons (Fsp3) is 0.938. The van der Waals surface area contributed by atoms with Gasteiger partial charge in [-0.15, -0.1) is 0 Å². The van der Waals surface area contributed by atoms with Gasteiger partial charge in [-0.25, -0.2) is 0 Å². The summed E-state index contributed by atoms with van der Waals surface area (Å²) in [5, 5.41) is 0. The number of rotatable bonds is 9. The Morgan fingerprint density at radius 2 is 1.76 bits per heavy atom. The summed E-state index contributed by atoms with van der Waals surface area (Å²) in [6, 6.07) is 0. The van der Waals surface area contributed by atoms with Crippen LogP contribution in [0.4, 0.5) is 0 Å². The number of hydrogen-bond acceptors (Lipinski definition) is 1. The van der Waals surface area contributed by atoms with Gasteiger partial charge >= 0.3 is 0 Å². The molecule has 1 heteroatoms. The van der Waals surface area contributed by atoms with E-state index in [1.807, 2.05) is 0 Å². The van der Waals surface area contributed by atoms with Crippen molar-refractivity contribution in [3.63, 3.8) is 0 Å². The maximum absolute atomic E-state index is 12.0. The largest absolute Gasteiger partial charge is 0.299 e. The standard InChI is InChI=1S/C16H32O/c1-7-13(3)10-9-11-15(17)14(4)12-16(5,6)8-2/h13-14H,7-12H2,1-6H3. The molecular formula is C16H32O. The number of hydrogen-bond donors (Lipinski definition) is 0. The lowest BCUT2D eigenvalue weighted by atomic mass is 9.79. The average molecular weight is 240 g/mol. The van der Waals surface area contributed by atoms with Crippen molar-refractivity contribution >= 4 is 5.78 Å². The Balaban J connectivity index is 3.90. The molecule has 0 aromatic heterocycles. The molecule has 0 aromatic rings. The SMILES string of the molecule is CCC(C)CCCC(=O)C(C)CC(C)(C)CC. The second kappa shape index (κ2) is 7.89. The predicted octanol–water partition coefficient (Wildman–Crippen LogP) is 5.23. The Morgan fingerprint density at radius 3 is 2.24 bits per heavy atom. The van der Waals surface area contributed by atoms with Gasteiger partial charge in [0, 0.05) is 12.3 Å². The second-order valence-electron chi connectivity index (χ2n) is 6.49. The lowest BCUT2D eigenvalue weighted by Gasteiger charge is -2.26. The highest BCUT2D eigenvalue weighted by atomic mass is 16.1. The van der Waals surface area contributed by atoms with E-state index in [0.717, 1.165) is 31.6 Å². The van der Waals surface area contributed by atoms with Crippen LogP contribution in [-0.4, -0.2) is 5.78 Å². The normalized spacial score (nSPS) is 15.6. The van der Waals surface area contributed by atoms with E-state index in [1.54, 1.807) is 0 Å². The Bertz CT molecular complexity index is 218. The van der Waals surface area contributed by atoms with Gasteiger partial charge in [-0.2, -0.15) is 0 Å². The molecule has 0 aliphatic rings. The minimum atomic E-state index is 0.238. The van der Waals surface area contributed by atoms with Gasteiger partial charge in [0.1, 0.15) is 5.78 Å². The molecule has 0 amide bonds. The molecule has 0 fully saturated rings. The number of carbonyl (C=O) groups excluding carboxylic acids is 1. The van der Waals surface area contributed by atoms with Crippen LogP contribution in [0.2, 0.25) is 0 Å². The first-order valence-corrected chi connectivity index (χ1v) is 7.35. The van der Waals surface area contributed by atoms with E-state index in [2.05, 4.69) is 41.5 Å². The topological polar surface area (TPSA) is 17.1 Å². The molecular weight excluding hydrogens is 208 g/mol. The van der Waals surface area contributed by atoms with Crippen molar-refractivity contribution in [1.82, 2.24) is 0 Å². The maximum atomic E-state index is 12.0. The summed E-state index contributed by atoms with van der Waals surface area (Å²) in [5.41, 5.74) is 0.311. The van der Waals surface area contributed by atoms with Crippen LogP contribution in [0.1, 0.15) is 80.1 Å². The number of carbonyl (C=O) groups is 1. The summed E-state index contributed by atoms with van der Waals surface area (Å²) >= 11 is 0. The molecule has 0 radical (unpaired) electrons. The Morgan fingerprint density at radius 1 is 1.18 bits per heavy atom. The molecule has 0 saturated carbocycles. The van der Waals surface area contributed by atoms with Crippen LogP contribution >= 0.6 is 0 Å². The third-order valence-corrected chi connectivity index (χ3v) is 4.18. The van der Waals surface area contributed by atoms with Gasteiger partial charge in [-0.05, 0) is 24.2 Å². The summed E-state index contributed by atoms with van der Waals surface area (Å²) < 4.78 is 0. The highest BCUT2D eigenvalue weighted by Gasteiger charge is 2.22. The van der Waals surface area contributed by atoms with Gasteiger partial charge in [-0.1, -0.05) is 60.8 Å². The zero-order valence-corrected chi connectivity index (χ0v) is 12.8. The van der Waals surface area contributed by atoms with Crippen LogP contribution in [-0.2, 0) is 4.79 Å². The van der Waals surface area contributed by atoms with Crippen LogP contribution in [0.15, 0.2) is 0 Å². The van der Waals surface area contributed by atoms with Crippen molar-refractivity contribution in [1.29, 1.82) is 0 Å². The Kier molecular flexibility index (Phi) is 7.74. The summed E-state index contributed by atoms with van der Waals surface area (Å²) in [6.07, 6.45) is 6.47. The van der Waals surface area contributed by atoms with E-state index >= 15 is 0 Å². The van der Waals surface area contributed by atoms with E-state index in [4.69, 9.17) is 0 Å². The minimum Gasteiger partial charge on any atom is -0.299 e. The van der Waals surface area contributed by atoms with Gasteiger partial charge < -0.3 is 0 Å². The molecule has 0 N–H and O–H groups in total. The van der Waals surface area contributed by atoms with E-state index < -0.39 is 0 Å². The van der Waals surface area contributed by atoms with Crippen molar-refractivity contribution < 1.29 is 4.79 Å². The molecule has 0 aliphatic carbocycles. The van der Waals surface area contributed by atoms with Crippen LogP contribution in [0.25, 0.3) is 0 Å². The van der Waals surface area contributed by atoms with Crippen molar-refractivity contribution in [2.75, 3.05) is 0 Å². The zero-order chi connectivity index (χ0) is 13.5. The third-order valence-electron chi connectivity index (χ3n) is 4.18. The lowest BCUT2D eigenvalue weighted by Crippen LogP contribution is -2.20. The van der Waals surface area contributed by atoms with Gasteiger partial charge in [0.2, 0.25) is 0 Å². The van der Waals surface area contributed by atoms with Crippen molar-refractivity contribution in [3.8, 4) is 0 Å². The van der Waals surface area contributed by atoms with Crippen LogP contribution in [0.5, 0.6) is 0 Å². The molecule has 0 aromatic carbocycles. The molecule has 17 heavy (non-hydrogen) atoms. The average Bonchev–Trinajstić information content (AvgIpc) is 2.28. The first kappa shape index (κ1) is 16.7. The van der Waals surface area contributed by atoms with Crippen molar-refractivity contribution in [2.24, 2.45) is 17.3 Å². The lowest BCUT2D eigenvalue weighted by molar-refractivity contribution is -0.123. The maximum Gasteiger partial charge on any atom is 0.135 e. The zero-order valence-electron chi connectivity index (χ0n) is 12.8. The molecule has 102 valence electrons. The van der Waals surface area contributed by atoms with Gasteiger partial charge in [-0.3, -0.25) is 4.79 Å². The molecule has 0 rings (SSSR count). The summed E-state index contributed by atoms with van der Waals surface area (Å²) in [4.78, 5) is 12.0. The highest BCUT2D eigenvalue weighted by Crippen LogP contribution is 2.29. The van der Waals surface area contributed by atoms with Crippen molar-refractivity contribution in [3.05, 3.63) is 0 Å². The summed E-state index contributed by atoms with van der Waals surface area (Å²) in [7, 11) is 0. The Hall–Kier alpha value is -0.330. The quantitative estimate of drug-likeness (QED) is 0.539. The van der Waals surface area contributed by atoms with E-state index in [9.17, 15) is 4.79 Å². The second-order valence-corrected chi connectivity index (χ2v) is 6.49. The molecule has 0 bridgehead atoms. The number of ketones is 1. The number of Topliss-reactive ketones (excluding diaryl/α,β-unsaturated/α-hetero) is 1. The predicted molar refractivity (Wildman–Crippen MR) is 76.2 cm³/mol. The first-order chi connectivity index (χ1) is 7.82. The van der Waals surface area contributed by atoms with Crippen molar-refractivity contribution in [2.45, 2.75) is 80.1 Å². The molecule has 0 heterocycles. The molecule has 1 nitrogen and oxygen atoms in total. The first-order valence-electron chi connectivity index (χ1n) is 7.35. The fourth-order valence-corrected chi connectivity index (χ4v) is 2.16. The third kappa shape index (κ3) is 7.57. The molecule has 0 saturated heterocycles.